The van der Waals surface area contributed by atoms with E-state index in [9.17, 15) is 4.79 Å². The van der Waals surface area contributed by atoms with Crippen LogP contribution >= 0.6 is 0 Å². The molecule has 0 aliphatic carbocycles. The van der Waals surface area contributed by atoms with Crippen molar-refractivity contribution in [2.24, 2.45) is 0 Å². The predicted octanol–water partition coefficient (Wildman–Crippen LogP) is 2.51. The van der Waals surface area contributed by atoms with Gasteiger partial charge in [-0.15, -0.1) is 0 Å². The molecule has 0 spiro atoms. The van der Waals surface area contributed by atoms with E-state index in [0.29, 0.717) is 17.0 Å². The summed E-state index contributed by atoms with van der Waals surface area (Å²) in [6, 6.07) is 3.55. The normalized spacial score (nSPS) is 11.6. The predicted molar refractivity (Wildman–Crippen MR) is 68.2 cm³/mol. The molecule has 1 amide bonds. The monoisotopic (exact) mass is 247 g/mol. The third kappa shape index (κ3) is 2.45. The molecule has 5 heteroatoms. The summed E-state index contributed by atoms with van der Waals surface area (Å²) in [7, 11) is 0. The maximum atomic E-state index is 12.2. The Kier molecular flexibility index (Phi) is 2.98. The molecule has 0 atom stereocenters. The van der Waals surface area contributed by atoms with Crippen LogP contribution in [0.4, 0.5) is 0 Å². The number of aromatic amines is 1. The van der Waals surface area contributed by atoms with E-state index in [1.807, 2.05) is 27.7 Å². The molecule has 96 valence electrons. The van der Waals surface area contributed by atoms with Crippen LogP contribution in [0.1, 0.15) is 36.8 Å². The van der Waals surface area contributed by atoms with Crippen molar-refractivity contribution in [3.8, 4) is 11.5 Å². The quantitative estimate of drug-likeness (QED) is 0.856. The van der Waals surface area contributed by atoms with E-state index < -0.39 is 0 Å². The van der Waals surface area contributed by atoms with Gasteiger partial charge in [0.25, 0.3) is 5.91 Å². The molecule has 0 unspecified atom stereocenters. The standard InChI is InChI=1S/C13H17N3O2/c1-8-10(12(17)14-13(2,3)4)11(16-15-8)9-6-5-7-18-9/h5-7H,1-4H3,(H,14,17)(H,15,16). The maximum absolute atomic E-state index is 12.2. The number of H-pyrrole nitrogens is 1. The van der Waals surface area contributed by atoms with Gasteiger partial charge >= 0.3 is 0 Å². The first-order valence-corrected chi connectivity index (χ1v) is 5.80. The fourth-order valence-corrected chi connectivity index (χ4v) is 1.70. The Bertz CT molecular complexity index is 547. The van der Waals surface area contributed by atoms with Crippen LogP contribution in [0.15, 0.2) is 22.8 Å². The lowest BCUT2D eigenvalue weighted by atomic mass is 10.1. The molecular weight excluding hydrogens is 230 g/mol. The highest BCUT2D eigenvalue weighted by Crippen LogP contribution is 2.24. The van der Waals surface area contributed by atoms with Crippen LogP contribution in [-0.4, -0.2) is 21.6 Å². The van der Waals surface area contributed by atoms with Gasteiger partial charge in [0, 0.05) is 11.2 Å². The zero-order valence-electron chi connectivity index (χ0n) is 11.0. The number of hydrogen-bond donors (Lipinski definition) is 2. The molecule has 0 fully saturated rings. The van der Waals surface area contributed by atoms with E-state index in [-0.39, 0.29) is 11.4 Å². The third-order valence-electron chi connectivity index (χ3n) is 2.42. The minimum atomic E-state index is -0.290. The largest absolute Gasteiger partial charge is 0.463 e. The second-order valence-corrected chi connectivity index (χ2v) is 5.25. The number of rotatable bonds is 2. The average Bonchev–Trinajstić information content (AvgIpc) is 2.82. The van der Waals surface area contributed by atoms with Crippen molar-refractivity contribution in [1.82, 2.24) is 15.5 Å². The Morgan fingerprint density at radius 2 is 2.17 bits per heavy atom. The van der Waals surface area contributed by atoms with Gasteiger partial charge in [0.2, 0.25) is 0 Å². The van der Waals surface area contributed by atoms with E-state index in [0.717, 1.165) is 5.69 Å². The highest BCUT2D eigenvalue weighted by Gasteiger charge is 2.24. The Balaban J connectivity index is 2.39. The van der Waals surface area contributed by atoms with Crippen molar-refractivity contribution in [2.45, 2.75) is 33.2 Å². The average molecular weight is 247 g/mol. The first-order valence-electron chi connectivity index (χ1n) is 5.80. The molecule has 18 heavy (non-hydrogen) atoms. The van der Waals surface area contributed by atoms with Crippen LogP contribution in [0, 0.1) is 6.92 Å². The summed E-state index contributed by atoms with van der Waals surface area (Å²) in [5.41, 5.74) is 1.50. The van der Waals surface area contributed by atoms with Gasteiger partial charge in [0.1, 0.15) is 5.69 Å². The minimum absolute atomic E-state index is 0.153. The first-order chi connectivity index (χ1) is 8.38. The van der Waals surface area contributed by atoms with Crippen molar-refractivity contribution in [2.75, 3.05) is 0 Å². The molecule has 5 nitrogen and oxygen atoms in total. The second kappa shape index (κ2) is 4.33. The molecule has 0 aliphatic rings. The van der Waals surface area contributed by atoms with Gasteiger partial charge in [0.05, 0.1) is 11.8 Å². The summed E-state index contributed by atoms with van der Waals surface area (Å²) < 4.78 is 5.29. The number of furan rings is 1. The highest BCUT2D eigenvalue weighted by molar-refractivity contribution is 6.00. The molecule has 0 radical (unpaired) electrons. The fourth-order valence-electron chi connectivity index (χ4n) is 1.70. The number of nitrogens with zero attached hydrogens (tertiary/aromatic N) is 1. The third-order valence-corrected chi connectivity index (χ3v) is 2.42. The van der Waals surface area contributed by atoms with Crippen molar-refractivity contribution >= 4 is 5.91 Å². The second-order valence-electron chi connectivity index (χ2n) is 5.25. The van der Waals surface area contributed by atoms with Crippen molar-refractivity contribution in [3.63, 3.8) is 0 Å². The molecule has 0 aliphatic heterocycles. The number of carbonyl (C=O) groups is 1. The van der Waals surface area contributed by atoms with Crippen molar-refractivity contribution in [3.05, 3.63) is 29.7 Å². The summed E-state index contributed by atoms with van der Waals surface area (Å²) in [6.07, 6.45) is 1.56. The Hall–Kier alpha value is -2.04. The van der Waals surface area contributed by atoms with Crippen LogP contribution in [0.5, 0.6) is 0 Å². The van der Waals surface area contributed by atoms with Gasteiger partial charge < -0.3 is 9.73 Å². The van der Waals surface area contributed by atoms with E-state index in [1.54, 1.807) is 18.4 Å². The molecule has 0 saturated heterocycles. The Morgan fingerprint density at radius 3 is 2.72 bits per heavy atom. The summed E-state index contributed by atoms with van der Waals surface area (Å²) >= 11 is 0. The SMILES string of the molecule is Cc1[nH]nc(-c2ccco2)c1C(=O)NC(C)(C)C. The number of aryl methyl sites for hydroxylation is 1. The molecule has 0 saturated carbocycles. The fraction of sp³-hybridized carbons (Fsp3) is 0.385. The van der Waals surface area contributed by atoms with Gasteiger partial charge in [-0.25, -0.2) is 0 Å². The number of nitrogens with one attached hydrogen (secondary N) is 2. The number of hydrogen-bond acceptors (Lipinski definition) is 3. The lowest BCUT2D eigenvalue weighted by Gasteiger charge is -2.20. The van der Waals surface area contributed by atoms with Gasteiger partial charge in [0.15, 0.2) is 5.76 Å². The van der Waals surface area contributed by atoms with Crippen LogP contribution in [0.3, 0.4) is 0 Å². The van der Waals surface area contributed by atoms with Gasteiger partial charge in [-0.2, -0.15) is 5.10 Å². The smallest absolute Gasteiger partial charge is 0.255 e. The zero-order chi connectivity index (χ0) is 13.3. The van der Waals surface area contributed by atoms with Gasteiger partial charge in [-0.1, -0.05) is 0 Å². The summed E-state index contributed by atoms with van der Waals surface area (Å²) in [4.78, 5) is 12.2. The molecule has 2 N–H and O–H groups in total. The zero-order valence-corrected chi connectivity index (χ0v) is 11.0. The lowest BCUT2D eigenvalue weighted by molar-refractivity contribution is 0.0919. The van der Waals surface area contributed by atoms with Crippen molar-refractivity contribution < 1.29 is 9.21 Å². The molecular formula is C13H17N3O2. The molecule has 2 heterocycles. The van der Waals surface area contributed by atoms with Crippen LogP contribution in [0.2, 0.25) is 0 Å². The van der Waals surface area contributed by atoms with Crippen LogP contribution in [-0.2, 0) is 0 Å². The lowest BCUT2D eigenvalue weighted by Crippen LogP contribution is -2.40. The summed E-state index contributed by atoms with van der Waals surface area (Å²) in [5.74, 6) is 0.429. The van der Waals surface area contributed by atoms with Crippen molar-refractivity contribution in [1.29, 1.82) is 0 Å². The van der Waals surface area contributed by atoms with E-state index in [2.05, 4.69) is 15.5 Å². The summed E-state index contributed by atoms with van der Waals surface area (Å²) in [6.45, 7) is 7.63. The molecule has 2 aromatic heterocycles. The van der Waals surface area contributed by atoms with Crippen LogP contribution in [0.25, 0.3) is 11.5 Å². The van der Waals surface area contributed by atoms with Crippen LogP contribution < -0.4 is 5.32 Å². The number of aromatic nitrogens is 2. The minimum Gasteiger partial charge on any atom is -0.463 e. The number of amides is 1. The maximum Gasteiger partial charge on any atom is 0.255 e. The number of carbonyl (C=O) groups excluding carboxylic acids is 1. The van der Waals surface area contributed by atoms with Gasteiger partial charge in [-0.3, -0.25) is 9.89 Å². The Labute approximate surface area is 106 Å². The van der Waals surface area contributed by atoms with E-state index in [4.69, 9.17) is 4.42 Å². The molecule has 0 aromatic carbocycles. The Morgan fingerprint density at radius 1 is 1.44 bits per heavy atom. The highest BCUT2D eigenvalue weighted by atomic mass is 16.3. The molecule has 2 rings (SSSR count). The first kappa shape index (κ1) is 12.4. The summed E-state index contributed by atoms with van der Waals surface area (Å²) in [5, 5.41) is 9.88. The van der Waals surface area contributed by atoms with Gasteiger partial charge in [-0.05, 0) is 39.8 Å². The van der Waals surface area contributed by atoms with E-state index in [1.165, 1.54) is 0 Å². The van der Waals surface area contributed by atoms with E-state index >= 15 is 0 Å². The molecule has 0 bridgehead atoms. The molecule has 2 aromatic rings. The topological polar surface area (TPSA) is 70.9 Å².